The van der Waals surface area contributed by atoms with Gasteiger partial charge < -0.3 is 10.8 Å². The summed E-state index contributed by atoms with van der Waals surface area (Å²) < 4.78 is 25.3. The number of nitrogens with zero attached hydrogens (tertiary/aromatic N) is 2. The fourth-order valence-corrected chi connectivity index (χ4v) is 5.81. The van der Waals surface area contributed by atoms with E-state index in [1.165, 1.54) is 10.6 Å². The van der Waals surface area contributed by atoms with Crippen LogP contribution in [0.15, 0.2) is 0 Å². The molecule has 2 heterocycles. The minimum atomic E-state index is -3.37. The van der Waals surface area contributed by atoms with Crippen LogP contribution in [-0.2, 0) is 14.8 Å². The summed E-state index contributed by atoms with van der Waals surface area (Å²) in [6.45, 7) is 2.76. The molecule has 2 rings (SSSR count). The minimum absolute atomic E-state index is 0.0567. The van der Waals surface area contributed by atoms with E-state index in [2.05, 4.69) is 0 Å². The Balaban J connectivity index is 2.02. The van der Waals surface area contributed by atoms with Gasteiger partial charge in [0.15, 0.2) is 0 Å². The molecule has 0 radical (unpaired) electrons. The molecule has 2 bridgehead atoms. The van der Waals surface area contributed by atoms with Crippen LogP contribution >= 0.6 is 11.8 Å². The van der Waals surface area contributed by atoms with Crippen LogP contribution < -0.4 is 5.73 Å². The lowest BCUT2D eigenvalue weighted by Crippen LogP contribution is -2.60. The number of carbonyl (C=O) groups excluding carboxylic acids is 1. The Hall–Kier alpha value is -0.350. The van der Waals surface area contributed by atoms with Gasteiger partial charge in [0.05, 0.1) is 12.4 Å². The molecule has 2 aliphatic rings. The van der Waals surface area contributed by atoms with Gasteiger partial charge in [0.25, 0.3) is 0 Å². The summed E-state index contributed by atoms with van der Waals surface area (Å²) in [4.78, 5) is 14.1. The number of thioether (sulfide) groups is 1. The maximum Gasteiger partial charge on any atom is 0.237 e. The van der Waals surface area contributed by atoms with Crippen molar-refractivity contribution in [2.24, 2.45) is 5.73 Å². The van der Waals surface area contributed by atoms with Crippen LogP contribution in [0, 0.1) is 0 Å². The molecule has 146 valence electrons. The van der Waals surface area contributed by atoms with E-state index in [1.807, 2.05) is 11.8 Å². The standard InChI is InChI=1S/C16H31N3O4S2/c1-3-24-10-9-18(25(2,22)23)11-14(20)12-19-13-5-4-7-16(19,8-6-13)15(17)21/h13-14,20H,3-12H2,1-2H3,(H2,17,21)/t13-,14?,16+/m0/s1. The monoisotopic (exact) mass is 393 g/mol. The van der Waals surface area contributed by atoms with E-state index in [4.69, 9.17) is 5.73 Å². The van der Waals surface area contributed by atoms with Crippen LogP contribution in [0.5, 0.6) is 0 Å². The summed E-state index contributed by atoms with van der Waals surface area (Å²) in [6, 6.07) is 0.262. The van der Waals surface area contributed by atoms with E-state index in [1.54, 1.807) is 11.8 Å². The Kier molecular flexibility index (Phi) is 7.17. The van der Waals surface area contributed by atoms with Gasteiger partial charge in [-0.2, -0.15) is 16.1 Å². The molecule has 1 unspecified atom stereocenters. The highest BCUT2D eigenvalue weighted by Crippen LogP contribution is 2.43. The number of β-amino-alcohol motifs (C(OH)–C–C–N with tert-alkyl or cyclic N) is 1. The fraction of sp³-hybridized carbons (Fsp3) is 0.938. The molecule has 3 atom stereocenters. The van der Waals surface area contributed by atoms with Crippen LogP contribution in [0.4, 0.5) is 0 Å². The van der Waals surface area contributed by atoms with Gasteiger partial charge in [0.2, 0.25) is 15.9 Å². The maximum absolute atomic E-state index is 12.1. The molecule has 3 N–H and O–H groups in total. The second-order valence-electron chi connectivity index (χ2n) is 7.10. The minimum Gasteiger partial charge on any atom is -0.390 e. The number of rotatable bonds is 10. The van der Waals surface area contributed by atoms with Gasteiger partial charge in [0, 0.05) is 31.4 Å². The van der Waals surface area contributed by atoms with E-state index in [0.717, 1.165) is 37.9 Å². The number of aliphatic hydroxyl groups is 1. The lowest BCUT2D eigenvalue weighted by Gasteiger charge is -2.43. The van der Waals surface area contributed by atoms with E-state index in [-0.39, 0.29) is 18.5 Å². The van der Waals surface area contributed by atoms with Gasteiger partial charge in [0.1, 0.15) is 5.54 Å². The van der Waals surface area contributed by atoms with Crippen LogP contribution in [0.1, 0.15) is 39.0 Å². The molecular formula is C16H31N3O4S2. The van der Waals surface area contributed by atoms with Crippen LogP contribution in [-0.4, -0.2) is 83.7 Å². The number of nitrogens with two attached hydrogens (primary N) is 1. The summed E-state index contributed by atoms with van der Waals surface area (Å²) in [6.07, 6.45) is 4.70. The molecule has 2 saturated heterocycles. The SMILES string of the molecule is CCSCCN(CC(O)CN1[C@H]2CCC[C@]1(C(N)=O)CC2)S(C)(=O)=O. The van der Waals surface area contributed by atoms with Crippen molar-refractivity contribution in [1.82, 2.24) is 9.21 Å². The third-order valence-electron chi connectivity index (χ3n) is 5.45. The van der Waals surface area contributed by atoms with Crippen LogP contribution in [0.25, 0.3) is 0 Å². The number of piperidine rings is 1. The summed E-state index contributed by atoms with van der Waals surface area (Å²) in [5.41, 5.74) is 5.03. The molecule has 0 aromatic heterocycles. The van der Waals surface area contributed by atoms with Crippen molar-refractivity contribution >= 4 is 27.7 Å². The van der Waals surface area contributed by atoms with E-state index < -0.39 is 21.7 Å². The van der Waals surface area contributed by atoms with Gasteiger partial charge in [-0.15, -0.1) is 0 Å². The first kappa shape index (κ1) is 21.0. The summed E-state index contributed by atoms with van der Waals surface area (Å²) in [7, 11) is -3.37. The molecule has 0 saturated carbocycles. The zero-order chi connectivity index (χ0) is 18.7. The number of carbonyl (C=O) groups is 1. The number of fused-ring (bicyclic) bond motifs is 2. The second-order valence-corrected chi connectivity index (χ2v) is 10.5. The summed E-state index contributed by atoms with van der Waals surface area (Å²) >= 11 is 1.67. The lowest BCUT2D eigenvalue weighted by atomic mass is 9.87. The Morgan fingerprint density at radius 3 is 2.76 bits per heavy atom. The Labute approximate surface area is 155 Å². The Morgan fingerprint density at radius 1 is 1.44 bits per heavy atom. The normalized spacial score (nSPS) is 28.4. The smallest absolute Gasteiger partial charge is 0.237 e. The van der Waals surface area contributed by atoms with E-state index in [9.17, 15) is 18.3 Å². The van der Waals surface area contributed by atoms with Gasteiger partial charge in [-0.25, -0.2) is 8.42 Å². The molecule has 0 aliphatic carbocycles. The molecule has 25 heavy (non-hydrogen) atoms. The first-order valence-electron chi connectivity index (χ1n) is 8.98. The van der Waals surface area contributed by atoms with Gasteiger partial charge in [-0.1, -0.05) is 6.92 Å². The molecule has 0 spiro atoms. The number of primary amides is 1. The lowest BCUT2D eigenvalue weighted by molar-refractivity contribution is -0.132. The molecular weight excluding hydrogens is 362 g/mol. The van der Waals surface area contributed by atoms with Gasteiger partial charge in [-0.3, -0.25) is 9.69 Å². The third kappa shape index (κ3) is 4.88. The highest BCUT2D eigenvalue weighted by Gasteiger charge is 2.52. The Bertz CT molecular complexity index is 568. The fourth-order valence-electron chi connectivity index (χ4n) is 4.19. The van der Waals surface area contributed by atoms with Crippen molar-refractivity contribution < 1.29 is 18.3 Å². The average molecular weight is 394 g/mol. The maximum atomic E-state index is 12.1. The molecule has 2 aliphatic heterocycles. The van der Waals surface area contributed by atoms with Crippen molar-refractivity contribution in [3.63, 3.8) is 0 Å². The second kappa shape index (κ2) is 8.56. The zero-order valence-electron chi connectivity index (χ0n) is 15.2. The number of aliphatic hydroxyl groups excluding tert-OH is 1. The van der Waals surface area contributed by atoms with Crippen molar-refractivity contribution in [1.29, 1.82) is 0 Å². The number of hydrogen-bond donors (Lipinski definition) is 2. The first-order valence-corrected chi connectivity index (χ1v) is 12.0. The number of amides is 1. The summed E-state index contributed by atoms with van der Waals surface area (Å²) in [5, 5.41) is 10.5. The molecule has 7 nitrogen and oxygen atoms in total. The number of hydrogen-bond acceptors (Lipinski definition) is 6. The molecule has 1 amide bonds. The third-order valence-corrected chi connectivity index (χ3v) is 7.60. The molecule has 2 fully saturated rings. The summed E-state index contributed by atoms with van der Waals surface area (Å²) in [5.74, 6) is 1.31. The highest BCUT2D eigenvalue weighted by atomic mass is 32.2. The van der Waals surface area contributed by atoms with Crippen molar-refractivity contribution in [3.8, 4) is 0 Å². The molecule has 9 heteroatoms. The zero-order valence-corrected chi connectivity index (χ0v) is 16.8. The van der Waals surface area contributed by atoms with Gasteiger partial charge in [-0.05, 0) is 37.9 Å². The number of sulfonamides is 1. The predicted molar refractivity (Wildman–Crippen MR) is 101 cm³/mol. The quantitative estimate of drug-likeness (QED) is 0.515. The average Bonchev–Trinajstić information content (AvgIpc) is 2.72. The van der Waals surface area contributed by atoms with Crippen LogP contribution in [0.3, 0.4) is 0 Å². The van der Waals surface area contributed by atoms with Gasteiger partial charge >= 0.3 is 0 Å². The van der Waals surface area contributed by atoms with Crippen molar-refractivity contribution in [2.45, 2.75) is 56.7 Å². The largest absolute Gasteiger partial charge is 0.390 e. The molecule has 0 aromatic carbocycles. The van der Waals surface area contributed by atoms with E-state index in [0.29, 0.717) is 18.8 Å². The van der Waals surface area contributed by atoms with E-state index >= 15 is 0 Å². The van der Waals surface area contributed by atoms with Crippen molar-refractivity contribution in [2.75, 3.05) is 37.4 Å². The first-order chi connectivity index (χ1) is 11.7. The Morgan fingerprint density at radius 2 is 2.16 bits per heavy atom. The molecule has 0 aromatic rings. The topological polar surface area (TPSA) is 104 Å². The predicted octanol–water partition coefficient (Wildman–Crippen LogP) is 0.234. The highest BCUT2D eigenvalue weighted by molar-refractivity contribution is 7.99. The van der Waals surface area contributed by atoms with Crippen LogP contribution in [0.2, 0.25) is 0 Å². The van der Waals surface area contributed by atoms with Crippen molar-refractivity contribution in [3.05, 3.63) is 0 Å².